The molecule has 0 saturated carbocycles. The first-order chi connectivity index (χ1) is 9.22. The smallest absolute Gasteiger partial charge is 0.250 e. The Balaban J connectivity index is 2.26. The van der Waals surface area contributed by atoms with E-state index in [1.54, 1.807) is 0 Å². The molecule has 3 nitrogen and oxygen atoms in total. The fourth-order valence-electron chi connectivity index (χ4n) is 2.16. The van der Waals surface area contributed by atoms with Crippen molar-refractivity contribution in [3.8, 4) is 0 Å². The predicted molar refractivity (Wildman–Crippen MR) is 74.1 cm³/mol. The van der Waals surface area contributed by atoms with Crippen LogP contribution >= 0.6 is 0 Å². The lowest BCUT2D eigenvalue weighted by atomic mass is 10.0. The molecule has 0 bridgehead atoms. The van der Waals surface area contributed by atoms with Crippen LogP contribution in [0, 0.1) is 0 Å². The summed E-state index contributed by atoms with van der Waals surface area (Å²) in [5.74, 6) is -0.192. The third-order valence-corrected chi connectivity index (χ3v) is 3.15. The Morgan fingerprint density at radius 1 is 1.32 bits per heavy atom. The number of allylic oxidation sites excluding steroid dienone is 2. The average Bonchev–Trinajstić information content (AvgIpc) is 2.46. The summed E-state index contributed by atoms with van der Waals surface area (Å²) < 4.78 is 0. The SMILES string of the molecule is C=CC(=O)N(Cc1ccccc1)C1=CCCCC1=O. The number of benzene rings is 1. The molecule has 0 heterocycles. The van der Waals surface area contributed by atoms with Crippen molar-refractivity contribution in [3.63, 3.8) is 0 Å². The molecular formula is C16H17NO2. The van der Waals surface area contributed by atoms with E-state index in [1.165, 1.54) is 11.0 Å². The number of amides is 1. The average molecular weight is 255 g/mol. The minimum atomic E-state index is -0.231. The molecule has 3 heteroatoms. The van der Waals surface area contributed by atoms with E-state index in [0.29, 0.717) is 18.7 Å². The first-order valence-electron chi connectivity index (χ1n) is 6.43. The van der Waals surface area contributed by atoms with E-state index in [4.69, 9.17) is 0 Å². The van der Waals surface area contributed by atoms with Gasteiger partial charge in [-0.2, -0.15) is 0 Å². The number of hydrogen-bond donors (Lipinski definition) is 0. The second-order valence-corrected chi connectivity index (χ2v) is 4.52. The van der Waals surface area contributed by atoms with Gasteiger partial charge in [0, 0.05) is 6.42 Å². The molecule has 0 radical (unpaired) electrons. The number of carbonyl (C=O) groups is 2. The van der Waals surface area contributed by atoms with Crippen LogP contribution in [0.4, 0.5) is 0 Å². The van der Waals surface area contributed by atoms with Crippen molar-refractivity contribution >= 4 is 11.7 Å². The third kappa shape index (κ3) is 3.19. The van der Waals surface area contributed by atoms with E-state index in [1.807, 2.05) is 36.4 Å². The van der Waals surface area contributed by atoms with Gasteiger partial charge in [-0.1, -0.05) is 43.0 Å². The monoisotopic (exact) mass is 255 g/mol. The minimum absolute atomic E-state index is 0.0392. The Labute approximate surface area is 113 Å². The van der Waals surface area contributed by atoms with Crippen LogP contribution in [-0.4, -0.2) is 16.6 Å². The van der Waals surface area contributed by atoms with Crippen molar-refractivity contribution in [2.75, 3.05) is 0 Å². The normalized spacial score (nSPS) is 14.7. The molecule has 0 unspecified atom stereocenters. The lowest BCUT2D eigenvalue weighted by Gasteiger charge is -2.25. The van der Waals surface area contributed by atoms with Crippen molar-refractivity contribution in [1.82, 2.24) is 4.90 Å². The molecule has 0 aliphatic heterocycles. The van der Waals surface area contributed by atoms with E-state index >= 15 is 0 Å². The lowest BCUT2D eigenvalue weighted by Crippen LogP contribution is -2.33. The van der Waals surface area contributed by atoms with Gasteiger partial charge in [0.05, 0.1) is 12.2 Å². The van der Waals surface area contributed by atoms with E-state index in [-0.39, 0.29) is 11.7 Å². The summed E-state index contributed by atoms with van der Waals surface area (Å²) in [6.45, 7) is 3.92. The Morgan fingerprint density at radius 2 is 2.05 bits per heavy atom. The number of Topliss-reactive ketones (excluding diaryl/α,β-unsaturated/α-hetero) is 1. The number of hydrogen-bond acceptors (Lipinski definition) is 2. The van der Waals surface area contributed by atoms with Gasteiger partial charge in [0.15, 0.2) is 5.78 Å². The van der Waals surface area contributed by atoms with Crippen LogP contribution in [0.2, 0.25) is 0 Å². The van der Waals surface area contributed by atoms with Gasteiger partial charge in [0.1, 0.15) is 0 Å². The standard InChI is InChI=1S/C16H17NO2/c1-2-16(19)17(12-13-8-4-3-5-9-13)14-10-6-7-11-15(14)18/h2-5,8-10H,1,6-7,11-12H2. The first kappa shape index (κ1) is 13.3. The fourth-order valence-corrected chi connectivity index (χ4v) is 2.16. The third-order valence-electron chi connectivity index (χ3n) is 3.15. The lowest BCUT2D eigenvalue weighted by molar-refractivity contribution is -0.128. The fraction of sp³-hybridized carbons (Fsp3) is 0.250. The van der Waals surface area contributed by atoms with Crippen LogP contribution in [0.25, 0.3) is 0 Å². The number of rotatable bonds is 4. The largest absolute Gasteiger partial charge is 0.301 e. The Kier molecular flexibility index (Phi) is 4.29. The van der Waals surface area contributed by atoms with Crippen LogP contribution in [-0.2, 0) is 16.1 Å². The molecule has 1 aromatic carbocycles. The molecule has 0 aromatic heterocycles. The van der Waals surface area contributed by atoms with Gasteiger partial charge in [0.2, 0.25) is 0 Å². The quantitative estimate of drug-likeness (QED) is 0.776. The molecule has 0 N–H and O–H groups in total. The van der Waals surface area contributed by atoms with Crippen LogP contribution in [0.5, 0.6) is 0 Å². The summed E-state index contributed by atoms with van der Waals surface area (Å²) in [4.78, 5) is 25.4. The van der Waals surface area contributed by atoms with Crippen molar-refractivity contribution in [2.24, 2.45) is 0 Å². The molecule has 0 fully saturated rings. The molecular weight excluding hydrogens is 238 g/mol. The first-order valence-corrected chi connectivity index (χ1v) is 6.43. The zero-order chi connectivity index (χ0) is 13.7. The van der Waals surface area contributed by atoms with Crippen molar-refractivity contribution < 1.29 is 9.59 Å². The highest BCUT2D eigenvalue weighted by atomic mass is 16.2. The maximum Gasteiger partial charge on any atom is 0.250 e. The van der Waals surface area contributed by atoms with Gasteiger partial charge >= 0.3 is 0 Å². The summed E-state index contributed by atoms with van der Waals surface area (Å²) in [5.41, 5.74) is 1.51. The van der Waals surface area contributed by atoms with E-state index in [9.17, 15) is 9.59 Å². The van der Waals surface area contributed by atoms with E-state index in [2.05, 4.69) is 6.58 Å². The molecule has 1 aliphatic carbocycles. The molecule has 0 spiro atoms. The molecule has 0 saturated heterocycles. The topological polar surface area (TPSA) is 37.4 Å². The molecule has 0 atom stereocenters. The molecule has 1 aliphatic rings. The maximum absolute atomic E-state index is 12.0. The van der Waals surface area contributed by atoms with Crippen LogP contribution < -0.4 is 0 Å². The van der Waals surface area contributed by atoms with Gasteiger partial charge < -0.3 is 4.90 Å². The van der Waals surface area contributed by atoms with Crippen molar-refractivity contribution in [3.05, 3.63) is 60.3 Å². The highest BCUT2D eigenvalue weighted by Crippen LogP contribution is 2.20. The van der Waals surface area contributed by atoms with Gasteiger partial charge in [0.25, 0.3) is 5.91 Å². The summed E-state index contributed by atoms with van der Waals surface area (Å²) >= 11 is 0. The Bertz CT molecular complexity index is 517. The molecule has 1 aromatic rings. The van der Waals surface area contributed by atoms with Gasteiger partial charge in [-0.15, -0.1) is 0 Å². The van der Waals surface area contributed by atoms with E-state index in [0.717, 1.165) is 18.4 Å². The van der Waals surface area contributed by atoms with Crippen LogP contribution in [0.3, 0.4) is 0 Å². The minimum Gasteiger partial charge on any atom is -0.301 e. The second kappa shape index (κ2) is 6.14. The van der Waals surface area contributed by atoms with Crippen molar-refractivity contribution in [1.29, 1.82) is 0 Å². The van der Waals surface area contributed by atoms with Crippen molar-refractivity contribution in [2.45, 2.75) is 25.8 Å². The number of carbonyl (C=O) groups excluding carboxylic acids is 2. The highest BCUT2D eigenvalue weighted by molar-refractivity contribution is 6.01. The maximum atomic E-state index is 12.0. The Morgan fingerprint density at radius 3 is 2.68 bits per heavy atom. The molecule has 98 valence electrons. The Hall–Kier alpha value is -2.16. The summed E-state index contributed by atoms with van der Waals surface area (Å²) in [6, 6.07) is 9.65. The zero-order valence-electron chi connectivity index (χ0n) is 10.8. The summed E-state index contributed by atoms with van der Waals surface area (Å²) in [6.07, 6.45) is 5.34. The molecule has 19 heavy (non-hydrogen) atoms. The molecule has 2 rings (SSSR count). The number of ketones is 1. The zero-order valence-corrected chi connectivity index (χ0v) is 10.8. The van der Waals surface area contributed by atoms with Gasteiger partial charge in [-0.3, -0.25) is 9.59 Å². The van der Waals surface area contributed by atoms with Gasteiger partial charge in [-0.05, 0) is 24.5 Å². The van der Waals surface area contributed by atoms with Crippen LogP contribution in [0.1, 0.15) is 24.8 Å². The second-order valence-electron chi connectivity index (χ2n) is 4.52. The van der Waals surface area contributed by atoms with E-state index < -0.39 is 0 Å². The van der Waals surface area contributed by atoms with Crippen LogP contribution in [0.15, 0.2) is 54.8 Å². The summed E-state index contributed by atoms with van der Waals surface area (Å²) in [5, 5.41) is 0. The number of nitrogens with zero attached hydrogens (tertiary/aromatic N) is 1. The van der Waals surface area contributed by atoms with Gasteiger partial charge in [-0.25, -0.2) is 0 Å². The summed E-state index contributed by atoms with van der Waals surface area (Å²) in [7, 11) is 0. The highest BCUT2D eigenvalue weighted by Gasteiger charge is 2.23. The molecule has 1 amide bonds. The predicted octanol–water partition coefficient (Wildman–Crippen LogP) is 2.84.